The number of fused-ring (bicyclic) bond motifs is 1. The van der Waals surface area contributed by atoms with Gasteiger partial charge in [-0.3, -0.25) is 9.36 Å². The molecule has 3 aromatic rings. The van der Waals surface area contributed by atoms with Crippen molar-refractivity contribution < 1.29 is 18.5 Å². The van der Waals surface area contributed by atoms with Crippen LogP contribution in [-0.2, 0) is 21.0 Å². The molecule has 0 saturated carbocycles. The van der Waals surface area contributed by atoms with Crippen LogP contribution in [0.2, 0.25) is 0 Å². The number of nitrogen functional groups attached to an aromatic ring is 1. The molecule has 0 radical (unpaired) electrons. The number of aromatic nitrogens is 4. The lowest BCUT2D eigenvalue weighted by atomic mass is 10.2. The molecule has 2 atom stereocenters. The highest BCUT2D eigenvalue weighted by atomic mass is 32.2. The second-order valence-corrected chi connectivity index (χ2v) is 11.6. The normalized spacial score (nSPS) is 15.8. The first-order valence-corrected chi connectivity index (χ1v) is 14.6. The number of nitrogens with one attached hydrogen (secondary N) is 2. The van der Waals surface area contributed by atoms with Crippen LogP contribution in [0.5, 0.6) is 0 Å². The number of rotatable bonds is 10. The third-order valence-corrected chi connectivity index (χ3v) is 8.23. The minimum absolute atomic E-state index is 0.00880. The lowest BCUT2D eigenvalue weighted by Crippen LogP contribution is -2.43. The molecule has 0 spiro atoms. The molecule has 0 aliphatic carbocycles. The van der Waals surface area contributed by atoms with Gasteiger partial charge in [-0.15, -0.1) is 0 Å². The van der Waals surface area contributed by atoms with Gasteiger partial charge in [-0.1, -0.05) is 37.3 Å². The Morgan fingerprint density at radius 3 is 2.56 bits per heavy atom. The summed E-state index contributed by atoms with van der Waals surface area (Å²) in [6.07, 6.45) is 1.99. The Morgan fingerprint density at radius 1 is 1.21 bits per heavy atom. The van der Waals surface area contributed by atoms with E-state index in [4.69, 9.17) is 15.3 Å². The quantitative estimate of drug-likeness (QED) is 0.247. The molecule has 1 fully saturated rings. The number of hydrogen-bond donors (Lipinski definition) is 3. The Balaban J connectivity index is 1.64. The first-order valence-electron chi connectivity index (χ1n) is 12.9. The van der Waals surface area contributed by atoms with Gasteiger partial charge in [0.1, 0.15) is 21.9 Å². The van der Waals surface area contributed by atoms with E-state index in [1.807, 2.05) is 30.3 Å². The monoisotopic (exact) mass is 558 g/mol. The Hall–Kier alpha value is -3.78. The highest BCUT2D eigenvalue weighted by Gasteiger charge is 2.28. The predicted octanol–water partition coefficient (Wildman–Crippen LogP) is 1.89. The third-order valence-electron chi connectivity index (χ3n) is 6.48. The van der Waals surface area contributed by atoms with Gasteiger partial charge in [-0.25, -0.2) is 28.1 Å². The van der Waals surface area contributed by atoms with E-state index in [2.05, 4.69) is 15.3 Å². The van der Waals surface area contributed by atoms with Crippen LogP contribution in [0.3, 0.4) is 0 Å². The summed E-state index contributed by atoms with van der Waals surface area (Å²) in [5.74, 6) is -0.787. The molecule has 13 nitrogen and oxygen atoms in total. The van der Waals surface area contributed by atoms with E-state index < -0.39 is 27.4 Å². The molecule has 4 rings (SSSR count). The maximum absolute atomic E-state index is 13.6. The zero-order valence-electron chi connectivity index (χ0n) is 22.1. The number of nitrogens with two attached hydrogens (primary N) is 1. The molecule has 2 aromatic heterocycles. The van der Waals surface area contributed by atoms with Gasteiger partial charge >= 0.3 is 11.8 Å². The molecule has 1 amide bonds. The smallest absolute Gasteiger partial charge is 0.409 e. The number of hydrogen-bond acceptors (Lipinski definition) is 10. The number of nitrogens with zero attached hydrogens (tertiary/aromatic N) is 5. The van der Waals surface area contributed by atoms with Crippen LogP contribution < -0.4 is 16.7 Å². The summed E-state index contributed by atoms with van der Waals surface area (Å²) in [5.41, 5.74) is 6.32. The first kappa shape index (κ1) is 28.2. The second kappa shape index (κ2) is 11.9. The fourth-order valence-corrected chi connectivity index (χ4v) is 5.71. The van der Waals surface area contributed by atoms with Gasteiger partial charge in [0.05, 0.1) is 12.6 Å². The Bertz CT molecular complexity index is 1510. The summed E-state index contributed by atoms with van der Waals surface area (Å²) in [5, 5.41) is 2.71. The lowest BCUT2D eigenvalue weighted by molar-refractivity contribution is 0.0858. The largest absolute Gasteiger partial charge is 0.448 e. The topological polar surface area (TPSA) is 178 Å². The summed E-state index contributed by atoms with van der Waals surface area (Å²) in [6.45, 7) is 5.05. The van der Waals surface area contributed by atoms with Gasteiger partial charge < -0.3 is 20.7 Å². The van der Waals surface area contributed by atoms with Crippen molar-refractivity contribution in [3.63, 3.8) is 0 Å². The summed E-state index contributed by atoms with van der Waals surface area (Å²) < 4.78 is 28.7. The molecule has 39 heavy (non-hydrogen) atoms. The molecule has 14 heteroatoms. The van der Waals surface area contributed by atoms with Gasteiger partial charge in [0, 0.05) is 25.4 Å². The minimum atomic E-state index is -3.35. The van der Waals surface area contributed by atoms with Crippen LogP contribution in [0.4, 0.5) is 10.6 Å². The van der Waals surface area contributed by atoms with E-state index in [9.17, 15) is 18.6 Å². The van der Waals surface area contributed by atoms with Crippen LogP contribution in [0.25, 0.3) is 11.2 Å². The molecule has 1 aliphatic rings. The maximum Gasteiger partial charge on any atom is 0.409 e. The van der Waals surface area contributed by atoms with Crippen LogP contribution in [0.1, 0.15) is 43.5 Å². The van der Waals surface area contributed by atoms with Gasteiger partial charge in [0.15, 0.2) is 11.5 Å². The van der Waals surface area contributed by atoms with E-state index in [1.165, 1.54) is 4.57 Å². The average molecular weight is 559 g/mol. The van der Waals surface area contributed by atoms with Crippen LogP contribution in [0, 0.1) is 4.78 Å². The Kier molecular flexibility index (Phi) is 8.65. The van der Waals surface area contributed by atoms with Crippen molar-refractivity contribution in [2.24, 2.45) is 0 Å². The predicted molar refractivity (Wildman–Crippen MR) is 146 cm³/mol. The lowest BCUT2D eigenvalue weighted by Gasteiger charge is -2.16. The van der Waals surface area contributed by atoms with Crippen molar-refractivity contribution in [1.29, 1.82) is 4.78 Å². The van der Waals surface area contributed by atoms with Gasteiger partial charge in [0.2, 0.25) is 5.16 Å². The number of anilines is 1. The fraction of sp³-hybridized carbons (Fsp3) is 0.480. The summed E-state index contributed by atoms with van der Waals surface area (Å²) in [4.78, 5) is 49.2. The standard InChI is InChI=1S/C25H34N8O5S/c1-3-15-39(27,37)23-29-20(26)19-21(30-23)32(16-18-9-5-4-6-10-18)24(35)33(19)22(34)17(2)28-11-14-38-25(36)31-12-7-8-13-31/h4-6,9-10,17,27-28H,3,7-8,11-16H2,1-2H3,(H2,26,29,30). The average Bonchev–Trinajstić information content (AvgIpc) is 3.54. The van der Waals surface area contributed by atoms with E-state index in [1.54, 1.807) is 18.7 Å². The first-order chi connectivity index (χ1) is 18.6. The second-order valence-electron chi connectivity index (χ2n) is 9.46. The maximum atomic E-state index is 13.6. The SMILES string of the molecule is CCCS(=N)(=O)c1nc(N)c2c(n1)n(Cc1ccccc1)c(=O)n2C(=O)C(C)NCCOC(=O)N1CCCC1. The number of ether oxygens (including phenoxy) is 1. The third kappa shape index (κ3) is 6.11. The molecule has 1 aromatic carbocycles. The number of carbonyl (C=O) groups excluding carboxylic acids is 2. The van der Waals surface area contributed by atoms with Crippen LogP contribution >= 0.6 is 0 Å². The highest BCUT2D eigenvalue weighted by molar-refractivity contribution is 7.92. The van der Waals surface area contributed by atoms with E-state index in [-0.39, 0.29) is 53.7 Å². The number of amides is 1. The van der Waals surface area contributed by atoms with Crippen LogP contribution in [0.15, 0.2) is 40.3 Å². The molecular formula is C25H34N8O5S. The summed E-state index contributed by atoms with van der Waals surface area (Å²) in [7, 11) is -3.35. The molecule has 3 heterocycles. The number of carbonyl (C=O) groups is 2. The summed E-state index contributed by atoms with van der Waals surface area (Å²) in [6, 6.07) is 8.28. The van der Waals surface area contributed by atoms with Crippen molar-refractivity contribution in [2.75, 3.05) is 37.7 Å². The molecule has 210 valence electrons. The van der Waals surface area contributed by atoms with E-state index in [0.29, 0.717) is 19.5 Å². The van der Waals surface area contributed by atoms with Crippen molar-refractivity contribution in [2.45, 2.75) is 50.9 Å². The molecule has 2 unspecified atom stereocenters. The van der Waals surface area contributed by atoms with Crippen molar-refractivity contribution in [3.05, 3.63) is 46.4 Å². The number of likely N-dealkylation sites (tertiary alicyclic amines) is 1. The molecule has 4 N–H and O–H groups in total. The molecule has 0 bridgehead atoms. The highest BCUT2D eigenvalue weighted by Crippen LogP contribution is 2.22. The van der Waals surface area contributed by atoms with Crippen molar-refractivity contribution >= 4 is 38.7 Å². The van der Waals surface area contributed by atoms with E-state index in [0.717, 1.165) is 23.0 Å². The van der Waals surface area contributed by atoms with Crippen molar-refractivity contribution in [1.82, 2.24) is 29.3 Å². The molecular weight excluding hydrogens is 524 g/mol. The Labute approximate surface area is 226 Å². The summed E-state index contributed by atoms with van der Waals surface area (Å²) >= 11 is 0. The Morgan fingerprint density at radius 2 is 1.90 bits per heavy atom. The zero-order chi connectivity index (χ0) is 28.2. The number of benzene rings is 1. The molecule has 1 aliphatic heterocycles. The van der Waals surface area contributed by atoms with Crippen molar-refractivity contribution in [3.8, 4) is 0 Å². The fourth-order valence-electron chi connectivity index (χ4n) is 4.47. The minimum Gasteiger partial charge on any atom is -0.448 e. The van der Waals surface area contributed by atoms with E-state index >= 15 is 0 Å². The van der Waals surface area contributed by atoms with Gasteiger partial charge in [-0.05, 0) is 31.7 Å². The number of imidazole rings is 1. The zero-order valence-corrected chi connectivity index (χ0v) is 22.9. The van der Waals surface area contributed by atoms with Gasteiger partial charge in [-0.2, -0.15) is 4.98 Å². The van der Waals surface area contributed by atoms with Gasteiger partial charge in [0.25, 0.3) is 5.91 Å². The van der Waals surface area contributed by atoms with Crippen LogP contribution in [-0.4, -0.2) is 78.2 Å². The molecule has 1 saturated heterocycles.